The molecule has 0 aromatic rings. The summed E-state index contributed by atoms with van der Waals surface area (Å²) in [6.07, 6.45) is 5.34. The van der Waals surface area contributed by atoms with Crippen LogP contribution >= 0.6 is 0 Å². The number of piperazine rings is 1. The fraction of sp³-hybridized carbons (Fsp3) is 0.923. The van der Waals surface area contributed by atoms with Crippen molar-refractivity contribution in [2.45, 2.75) is 25.7 Å². The topological polar surface area (TPSA) is 23.6 Å². The van der Waals surface area contributed by atoms with Gasteiger partial charge < -0.3 is 9.80 Å². The number of likely N-dealkylation sites (N-methyl/N-ethyl adjacent to an activating group) is 1. The Bertz CT molecular complexity index is 272. The van der Waals surface area contributed by atoms with Gasteiger partial charge >= 0.3 is 0 Å². The SMILES string of the molecule is CN1CCN(C(=O)C2C3CCCCC32)CC1. The maximum Gasteiger partial charge on any atom is 0.226 e. The number of fused-ring (bicyclic) bond motifs is 1. The first-order valence-corrected chi connectivity index (χ1v) is 6.75. The highest BCUT2D eigenvalue weighted by molar-refractivity contribution is 5.82. The molecule has 16 heavy (non-hydrogen) atoms. The average molecular weight is 222 g/mol. The number of rotatable bonds is 1. The molecule has 2 atom stereocenters. The van der Waals surface area contributed by atoms with Gasteiger partial charge in [-0.1, -0.05) is 12.8 Å². The van der Waals surface area contributed by atoms with Gasteiger partial charge in [0.05, 0.1) is 0 Å². The molecule has 1 heterocycles. The molecule has 90 valence electrons. The van der Waals surface area contributed by atoms with E-state index >= 15 is 0 Å². The number of carbonyl (C=O) groups is 1. The van der Waals surface area contributed by atoms with Crippen molar-refractivity contribution in [1.29, 1.82) is 0 Å². The lowest BCUT2D eigenvalue weighted by Gasteiger charge is -2.32. The van der Waals surface area contributed by atoms with Gasteiger partial charge in [-0.05, 0) is 31.7 Å². The van der Waals surface area contributed by atoms with Gasteiger partial charge in [-0.15, -0.1) is 0 Å². The zero-order valence-electron chi connectivity index (χ0n) is 10.2. The molecule has 2 unspecified atom stereocenters. The lowest BCUT2D eigenvalue weighted by Crippen LogP contribution is -2.47. The minimum absolute atomic E-state index is 0.422. The monoisotopic (exact) mass is 222 g/mol. The molecule has 0 spiro atoms. The first-order valence-electron chi connectivity index (χ1n) is 6.75. The molecular formula is C13H22N2O. The minimum atomic E-state index is 0.422. The van der Waals surface area contributed by atoms with Crippen LogP contribution in [0.15, 0.2) is 0 Å². The van der Waals surface area contributed by atoms with Crippen LogP contribution in [0.5, 0.6) is 0 Å². The van der Waals surface area contributed by atoms with Crippen LogP contribution in [0.1, 0.15) is 25.7 Å². The van der Waals surface area contributed by atoms with E-state index < -0.39 is 0 Å². The lowest BCUT2D eigenvalue weighted by molar-refractivity contribution is -0.134. The van der Waals surface area contributed by atoms with Crippen LogP contribution in [0.2, 0.25) is 0 Å². The number of amides is 1. The summed E-state index contributed by atoms with van der Waals surface area (Å²) in [6, 6.07) is 0. The summed E-state index contributed by atoms with van der Waals surface area (Å²) < 4.78 is 0. The molecule has 3 aliphatic rings. The van der Waals surface area contributed by atoms with Crippen LogP contribution in [-0.2, 0) is 4.79 Å². The second-order valence-electron chi connectivity index (χ2n) is 5.77. The van der Waals surface area contributed by atoms with E-state index in [2.05, 4.69) is 16.8 Å². The van der Waals surface area contributed by atoms with Crippen molar-refractivity contribution < 1.29 is 4.79 Å². The van der Waals surface area contributed by atoms with Crippen LogP contribution in [0, 0.1) is 17.8 Å². The van der Waals surface area contributed by atoms with Gasteiger partial charge in [-0.25, -0.2) is 0 Å². The molecule has 1 aliphatic heterocycles. The van der Waals surface area contributed by atoms with Crippen LogP contribution < -0.4 is 0 Å². The molecule has 0 aromatic carbocycles. The van der Waals surface area contributed by atoms with Gasteiger partial charge in [0.2, 0.25) is 5.91 Å². The molecule has 3 heteroatoms. The highest BCUT2D eigenvalue weighted by Crippen LogP contribution is 2.56. The van der Waals surface area contributed by atoms with Crippen molar-refractivity contribution >= 4 is 5.91 Å². The van der Waals surface area contributed by atoms with E-state index in [1.165, 1.54) is 25.7 Å². The third kappa shape index (κ3) is 1.75. The quantitative estimate of drug-likeness (QED) is 0.665. The Kier molecular flexibility index (Phi) is 2.66. The first kappa shape index (κ1) is 10.6. The molecule has 0 N–H and O–H groups in total. The first-order chi connectivity index (χ1) is 7.77. The maximum atomic E-state index is 12.3. The van der Waals surface area contributed by atoms with Crippen molar-refractivity contribution in [2.24, 2.45) is 17.8 Å². The van der Waals surface area contributed by atoms with Gasteiger partial charge in [-0.2, -0.15) is 0 Å². The number of hydrogen-bond acceptors (Lipinski definition) is 2. The number of nitrogens with zero attached hydrogens (tertiary/aromatic N) is 2. The molecule has 2 saturated carbocycles. The lowest BCUT2D eigenvalue weighted by atomic mass is 10.0. The van der Waals surface area contributed by atoms with E-state index in [1.807, 2.05) is 0 Å². The summed E-state index contributed by atoms with van der Waals surface area (Å²) in [7, 11) is 2.14. The molecule has 3 nitrogen and oxygen atoms in total. The largest absolute Gasteiger partial charge is 0.340 e. The molecule has 1 amide bonds. The average Bonchev–Trinajstić information content (AvgIpc) is 3.03. The Morgan fingerprint density at radius 1 is 1.00 bits per heavy atom. The Hall–Kier alpha value is -0.570. The molecule has 0 radical (unpaired) electrons. The summed E-state index contributed by atoms with van der Waals surface area (Å²) in [5.74, 6) is 2.43. The van der Waals surface area contributed by atoms with Gasteiger partial charge in [0, 0.05) is 32.1 Å². The van der Waals surface area contributed by atoms with Crippen LogP contribution in [0.25, 0.3) is 0 Å². The van der Waals surface area contributed by atoms with Crippen molar-refractivity contribution in [3.63, 3.8) is 0 Å². The highest BCUT2D eigenvalue weighted by Gasteiger charge is 2.55. The van der Waals surface area contributed by atoms with Crippen LogP contribution in [-0.4, -0.2) is 48.9 Å². The third-order valence-electron chi connectivity index (χ3n) is 4.76. The van der Waals surface area contributed by atoms with Crippen molar-refractivity contribution in [3.05, 3.63) is 0 Å². The molecule has 2 aliphatic carbocycles. The predicted octanol–water partition coefficient (Wildman–Crippen LogP) is 1.20. The Labute approximate surface area is 97.8 Å². The van der Waals surface area contributed by atoms with Gasteiger partial charge in [0.15, 0.2) is 0 Å². The zero-order valence-corrected chi connectivity index (χ0v) is 10.2. The number of carbonyl (C=O) groups excluding carboxylic acids is 1. The fourth-order valence-electron chi connectivity index (χ4n) is 3.60. The Morgan fingerprint density at radius 2 is 1.56 bits per heavy atom. The summed E-state index contributed by atoms with van der Waals surface area (Å²) in [5.41, 5.74) is 0. The minimum Gasteiger partial charge on any atom is -0.340 e. The van der Waals surface area contributed by atoms with Crippen molar-refractivity contribution in [1.82, 2.24) is 9.80 Å². The number of hydrogen-bond donors (Lipinski definition) is 0. The maximum absolute atomic E-state index is 12.3. The smallest absolute Gasteiger partial charge is 0.226 e. The third-order valence-corrected chi connectivity index (χ3v) is 4.76. The molecule has 3 fully saturated rings. The summed E-state index contributed by atoms with van der Waals surface area (Å²) in [4.78, 5) is 16.8. The summed E-state index contributed by atoms with van der Waals surface area (Å²) in [5, 5.41) is 0. The molecule has 1 saturated heterocycles. The molecule has 0 aromatic heterocycles. The zero-order chi connectivity index (χ0) is 11.1. The molecule has 3 rings (SSSR count). The second-order valence-corrected chi connectivity index (χ2v) is 5.77. The summed E-state index contributed by atoms with van der Waals surface area (Å²) >= 11 is 0. The van der Waals surface area contributed by atoms with E-state index in [9.17, 15) is 4.79 Å². The van der Waals surface area contributed by atoms with E-state index in [0.717, 1.165) is 38.0 Å². The predicted molar refractivity (Wildman–Crippen MR) is 63.0 cm³/mol. The standard InChI is InChI=1S/C13H22N2O/c1-14-6-8-15(9-7-14)13(16)12-10-4-2-3-5-11(10)12/h10-12H,2-9H2,1H3. The Morgan fingerprint density at radius 3 is 2.12 bits per heavy atom. The van der Waals surface area contributed by atoms with E-state index in [0.29, 0.717) is 11.8 Å². The normalized spacial score (nSPS) is 39.3. The van der Waals surface area contributed by atoms with E-state index in [-0.39, 0.29) is 0 Å². The van der Waals surface area contributed by atoms with E-state index in [1.54, 1.807) is 0 Å². The van der Waals surface area contributed by atoms with Gasteiger partial charge in [-0.3, -0.25) is 4.79 Å². The van der Waals surface area contributed by atoms with Gasteiger partial charge in [0.1, 0.15) is 0 Å². The van der Waals surface area contributed by atoms with Crippen molar-refractivity contribution in [3.8, 4) is 0 Å². The second kappa shape index (κ2) is 4.02. The van der Waals surface area contributed by atoms with Crippen molar-refractivity contribution in [2.75, 3.05) is 33.2 Å². The molecular weight excluding hydrogens is 200 g/mol. The van der Waals surface area contributed by atoms with Crippen LogP contribution in [0.4, 0.5) is 0 Å². The Balaban J connectivity index is 1.57. The summed E-state index contributed by atoms with van der Waals surface area (Å²) in [6.45, 7) is 4.00. The molecule has 0 bridgehead atoms. The van der Waals surface area contributed by atoms with Gasteiger partial charge in [0.25, 0.3) is 0 Å². The van der Waals surface area contributed by atoms with E-state index in [4.69, 9.17) is 0 Å². The van der Waals surface area contributed by atoms with Crippen LogP contribution in [0.3, 0.4) is 0 Å². The highest BCUT2D eigenvalue weighted by atomic mass is 16.2. The fourth-order valence-corrected chi connectivity index (χ4v) is 3.60.